The van der Waals surface area contributed by atoms with Crippen molar-refractivity contribution in [1.82, 2.24) is 14.3 Å². The van der Waals surface area contributed by atoms with Crippen molar-refractivity contribution in [2.24, 2.45) is 0 Å². The zero-order valence-corrected chi connectivity index (χ0v) is 15.1. The summed E-state index contributed by atoms with van der Waals surface area (Å²) in [6, 6.07) is 0. The third kappa shape index (κ3) is 3.21. The molecule has 0 saturated carbocycles. The van der Waals surface area contributed by atoms with Gasteiger partial charge >= 0.3 is 0 Å². The van der Waals surface area contributed by atoms with Gasteiger partial charge in [0.2, 0.25) is 10.0 Å². The lowest BCUT2D eigenvalue weighted by atomic mass is 10.1. The second-order valence-electron chi connectivity index (χ2n) is 6.74. The number of fused-ring (bicyclic) bond motifs is 1. The minimum absolute atomic E-state index is 0.395. The van der Waals surface area contributed by atoms with Crippen LogP contribution in [0.15, 0.2) is 0 Å². The molecule has 0 radical (unpaired) electrons. The Balaban J connectivity index is 1.97. The van der Waals surface area contributed by atoms with Crippen LogP contribution in [0.2, 0.25) is 0 Å². The Kier molecular flexibility index (Phi) is 4.60. The number of aryl methyl sites for hydroxylation is 1. The van der Waals surface area contributed by atoms with Gasteiger partial charge in [-0.25, -0.2) is 18.4 Å². The van der Waals surface area contributed by atoms with Crippen LogP contribution in [0, 0.1) is 6.92 Å². The number of rotatable bonds is 3. The van der Waals surface area contributed by atoms with Gasteiger partial charge in [-0.05, 0) is 40.0 Å². The number of anilines is 1. The maximum Gasteiger partial charge on any atom is 0.216 e. The first kappa shape index (κ1) is 16.6. The smallest absolute Gasteiger partial charge is 0.216 e. The van der Waals surface area contributed by atoms with Crippen LogP contribution in [0.25, 0.3) is 0 Å². The Morgan fingerprint density at radius 1 is 1.04 bits per heavy atom. The van der Waals surface area contributed by atoms with E-state index in [1.54, 1.807) is 18.2 Å². The van der Waals surface area contributed by atoms with Crippen LogP contribution >= 0.6 is 0 Å². The number of hydrogen-bond donors (Lipinski definition) is 0. The van der Waals surface area contributed by atoms with E-state index in [0.29, 0.717) is 19.5 Å². The van der Waals surface area contributed by atoms with Crippen molar-refractivity contribution in [2.75, 3.05) is 24.5 Å². The van der Waals surface area contributed by atoms with Gasteiger partial charge in [-0.3, -0.25) is 0 Å². The van der Waals surface area contributed by atoms with Crippen LogP contribution in [0.1, 0.15) is 50.2 Å². The third-order valence-corrected chi connectivity index (χ3v) is 6.95. The second kappa shape index (κ2) is 6.36. The molecule has 0 aromatic carbocycles. The van der Waals surface area contributed by atoms with Crippen molar-refractivity contribution < 1.29 is 8.42 Å². The van der Waals surface area contributed by atoms with E-state index < -0.39 is 15.3 Å². The fourth-order valence-corrected chi connectivity index (χ4v) is 4.63. The van der Waals surface area contributed by atoms with Crippen molar-refractivity contribution in [3.63, 3.8) is 0 Å². The van der Waals surface area contributed by atoms with E-state index in [1.165, 1.54) is 19.3 Å². The minimum atomic E-state index is -3.24. The van der Waals surface area contributed by atoms with Gasteiger partial charge in [0.25, 0.3) is 0 Å². The highest BCUT2D eigenvalue weighted by atomic mass is 32.2. The average molecular weight is 338 g/mol. The topological polar surface area (TPSA) is 66.4 Å². The number of sulfonamides is 1. The summed E-state index contributed by atoms with van der Waals surface area (Å²) in [7, 11) is -3.24. The van der Waals surface area contributed by atoms with Gasteiger partial charge in [0.15, 0.2) is 0 Å². The van der Waals surface area contributed by atoms with Crippen LogP contribution in [-0.2, 0) is 23.0 Å². The Morgan fingerprint density at radius 3 is 2.39 bits per heavy atom. The van der Waals surface area contributed by atoms with Gasteiger partial charge in [-0.1, -0.05) is 0 Å². The number of piperidine rings is 1. The lowest BCUT2D eigenvalue weighted by Gasteiger charge is -2.34. The molecule has 0 aliphatic carbocycles. The molecule has 0 atom stereocenters. The van der Waals surface area contributed by atoms with Crippen molar-refractivity contribution in [2.45, 2.75) is 58.2 Å². The van der Waals surface area contributed by atoms with Gasteiger partial charge in [0.1, 0.15) is 11.6 Å². The molecule has 2 aliphatic heterocycles. The van der Waals surface area contributed by atoms with E-state index in [4.69, 9.17) is 0 Å². The molecule has 0 unspecified atom stereocenters. The van der Waals surface area contributed by atoms with E-state index in [9.17, 15) is 8.42 Å². The Morgan fingerprint density at radius 2 is 1.74 bits per heavy atom. The molecule has 3 rings (SSSR count). The van der Waals surface area contributed by atoms with Crippen molar-refractivity contribution in [1.29, 1.82) is 0 Å². The number of hydrogen-bond acceptors (Lipinski definition) is 5. The summed E-state index contributed by atoms with van der Waals surface area (Å²) in [5, 5.41) is -0.395. The highest BCUT2D eigenvalue weighted by Crippen LogP contribution is 2.30. The summed E-state index contributed by atoms with van der Waals surface area (Å²) >= 11 is 0. The SMILES string of the molecule is Cc1nc2c(c(N3CCCCC3)n1)CN(S(=O)(=O)C(C)C)CC2. The molecule has 0 bridgehead atoms. The van der Waals surface area contributed by atoms with Crippen molar-refractivity contribution >= 4 is 15.8 Å². The highest BCUT2D eigenvalue weighted by Gasteiger charge is 2.32. The zero-order chi connectivity index (χ0) is 16.6. The summed E-state index contributed by atoms with van der Waals surface area (Å²) in [6.07, 6.45) is 4.28. The molecule has 6 nitrogen and oxygen atoms in total. The van der Waals surface area contributed by atoms with E-state index in [-0.39, 0.29) is 0 Å². The number of nitrogens with zero attached hydrogens (tertiary/aromatic N) is 4. The monoisotopic (exact) mass is 338 g/mol. The third-order valence-electron chi connectivity index (χ3n) is 4.73. The lowest BCUT2D eigenvalue weighted by Crippen LogP contribution is -2.41. The second-order valence-corrected chi connectivity index (χ2v) is 9.23. The first-order chi connectivity index (χ1) is 10.9. The average Bonchev–Trinajstić information content (AvgIpc) is 2.54. The maximum absolute atomic E-state index is 12.5. The van der Waals surface area contributed by atoms with E-state index in [0.717, 1.165) is 36.0 Å². The first-order valence-electron chi connectivity index (χ1n) is 8.50. The fourth-order valence-electron chi connectivity index (χ4n) is 3.37. The highest BCUT2D eigenvalue weighted by molar-refractivity contribution is 7.89. The maximum atomic E-state index is 12.5. The molecule has 0 spiro atoms. The van der Waals surface area contributed by atoms with E-state index >= 15 is 0 Å². The van der Waals surface area contributed by atoms with Crippen LogP contribution < -0.4 is 4.90 Å². The molecular weight excluding hydrogens is 312 g/mol. The van der Waals surface area contributed by atoms with Crippen molar-refractivity contribution in [3.05, 3.63) is 17.1 Å². The molecule has 1 fully saturated rings. The molecule has 0 amide bonds. The van der Waals surface area contributed by atoms with Gasteiger partial charge in [-0.2, -0.15) is 4.31 Å². The molecule has 128 valence electrons. The quantitative estimate of drug-likeness (QED) is 0.842. The largest absolute Gasteiger partial charge is 0.356 e. The van der Waals surface area contributed by atoms with Gasteiger partial charge in [0.05, 0.1) is 10.9 Å². The molecule has 1 saturated heterocycles. The summed E-state index contributed by atoms with van der Waals surface area (Å²) in [4.78, 5) is 11.5. The summed E-state index contributed by atoms with van der Waals surface area (Å²) in [6.45, 7) is 8.32. The molecule has 1 aromatic rings. The summed E-state index contributed by atoms with van der Waals surface area (Å²) in [5.41, 5.74) is 2.03. The van der Waals surface area contributed by atoms with Gasteiger partial charge < -0.3 is 4.90 Å². The predicted octanol–water partition coefficient (Wildman–Crippen LogP) is 1.87. The van der Waals surface area contributed by atoms with Crippen LogP contribution in [-0.4, -0.2) is 47.6 Å². The zero-order valence-electron chi connectivity index (χ0n) is 14.2. The molecule has 1 aromatic heterocycles. The van der Waals surface area contributed by atoms with Crippen LogP contribution in [0.3, 0.4) is 0 Å². The fraction of sp³-hybridized carbons (Fsp3) is 0.750. The molecular formula is C16H26N4O2S. The van der Waals surface area contributed by atoms with Crippen LogP contribution in [0.5, 0.6) is 0 Å². The summed E-state index contributed by atoms with van der Waals surface area (Å²) < 4.78 is 26.6. The predicted molar refractivity (Wildman–Crippen MR) is 91.0 cm³/mol. The summed E-state index contributed by atoms with van der Waals surface area (Å²) in [5.74, 6) is 1.74. The normalized spacial score (nSPS) is 19.9. The van der Waals surface area contributed by atoms with E-state index in [2.05, 4.69) is 14.9 Å². The first-order valence-corrected chi connectivity index (χ1v) is 10.00. The van der Waals surface area contributed by atoms with Gasteiger partial charge in [-0.15, -0.1) is 0 Å². The van der Waals surface area contributed by atoms with Crippen LogP contribution in [0.4, 0.5) is 5.82 Å². The Bertz CT molecular complexity index is 682. The molecule has 2 aliphatic rings. The standard InChI is InChI=1S/C16H26N4O2S/c1-12(2)23(21,22)20-10-7-15-14(11-20)16(18-13(3)17-15)19-8-5-4-6-9-19/h12H,4-11H2,1-3H3. The van der Waals surface area contributed by atoms with Crippen molar-refractivity contribution in [3.8, 4) is 0 Å². The van der Waals surface area contributed by atoms with E-state index in [1.807, 2.05) is 6.92 Å². The van der Waals surface area contributed by atoms with Gasteiger partial charge in [0, 0.05) is 38.2 Å². The Labute approximate surface area is 139 Å². The number of aromatic nitrogens is 2. The molecule has 0 N–H and O–H groups in total. The molecule has 7 heteroatoms. The molecule has 3 heterocycles. The Hall–Kier alpha value is -1.21. The molecule has 23 heavy (non-hydrogen) atoms. The minimum Gasteiger partial charge on any atom is -0.356 e. The lowest BCUT2D eigenvalue weighted by molar-refractivity contribution is 0.381.